The van der Waals surface area contributed by atoms with Gasteiger partial charge in [-0.2, -0.15) is 0 Å². The van der Waals surface area contributed by atoms with Crippen LogP contribution in [0.1, 0.15) is 11.4 Å². The first-order valence-corrected chi connectivity index (χ1v) is 10.8. The number of para-hydroxylation sites is 1. The largest absolute Gasteiger partial charge is 0.497 e. The number of allylic oxidation sites excluding steroid dienone is 1. The molecule has 0 unspecified atom stereocenters. The number of carbonyl (C=O) groups excluding carboxylic acids is 1. The van der Waals surface area contributed by atoms with Gasteiger partial charge in [0.05, 0.1) is 28.6 Å². The van der Waals surface area contributed by atoms with Crippen molar-refractivity contribution < 1.29 is 9.53 Å². The highest BCUT2D eigenvalue weighted by atomic mass is 35.5. The SMILES string of the molecule is C=CCn1c(Cc2ccc(OC)cc2)nnc1SCC(=O)Nc1c(Cl)cccc1Cl. The number of carbonyl (C=O) groups is 1. The van der Waals surface area contributed by atoms with Crippen molar-refractivity contribution >= 4 is 46.6 Å². The lowest BCUT2D eigenvalue weighted by atomic mass is 10.1. The number of hydrogen-bond donors (Lipinski definition) is 1. The molecule has 1 N–H and O–H groups in total. The van der Waals surface area contributed by atoms with Crippen molar-refractivity contribution in [2.24, 2.45) is 0 Å². The molecule has 3 rings (SSSR count). The first-order valence-electron chi connectivity index (χ1n) is 9.04. The van der Waals surface area contributed by atoms with Crippen molar-refractivity contribution in [2.45, 2.75) is 18.1 Å². The molecule has 0 saturated carbocycles. The Morgan fingerprint density at radius 1 is 1.20 bits per heavy atom. The van der Waals surface area contributed by atoms with Crippen molar-refractivity contribution in [2.75, 3.05) is 18.2 Å². The Bertz CT molecular complexity index is 1020. The number of anilines is 1. The minimum Gasteiger partial charge on any atom is -0.497 e. The van der Waals surface area contributed by atoms with Crippen LogP contribution in [0.4, 0.5) is 5.69 Å². The van der Waals surface area contributed by atoms with E-state index in [9.17, 15) is 4.79 Å². The molecular formula is C21H20Cl2N4O2S. The number of benzene rings is 2. The molecule has 0 spiro atoms. The quantitative estimate of drug-likeness (QED) is 0.353. The fraction of sp³-hybridized carbons (Fsp3) is 0.190. The predicted octanol–water partition coefficient (Wildman–Crippen LogP) is 5.10. The summed E-state index contributed by atoms with van der Waals surface area (Å²) in [6.07, 6.45) is 2.38. The summed E-state index contributed by atoms with van der Waals surface area (Å²) in [6.45, 7) is 4.35. The molecule has 1 heterocycles. The summed E-state index contributed by atoms with van der Waals surface area (Å²) < 4.78 is 7.14. The first kappa shape index (κ1) is 22.2. The van der Waals surface area contributed by atoms with Gasteiger partial charge in [0.2, 0.25) is 5.91 Å². The van der Waals surface area contributed by atoms with E-state index in [2.05, 4.69) is 22.1 Å². The van der Waals surface area contributed by atoms with Crippen LogP contribution >= 0.6 is 35.0 Å². The maximum absolute atomic E-state index is 12.4. The summed E-state index contributed by atoms with van der Waals surface area (Å²) in [5.74, 6) is 1.49. The maximum atomic E-state index is 12.4. The number of aromatic nitrogens is 3. The molecule has 0 bridgehead atoms. The fourth-order valence-electron chi connectivity index (χ4n) is 2.72. The van der Waals surface area contributed by atoms with Crippen LogP contribution in [0, 0.1) is 0 Å². The predicted molar refractivity (Wildman–Crippen MR) is 122 cm³/mol. The van der Waals surface area contributed by atoms with Crippen molar-refractivity contribution in [3.8, 4) is 5.75 Å². The average molecular weight is 463 g/mol. The Labute approximate surface area is 189 Å². The van der Waals surface area contributed by atoms with E-state index in [1.54, 1.807) is 31.4 Å². The van der Waals surface area contributed by atoms with Crippen molar-refractivity contribution in [1.29, 1.82) is 0 Å². The van der Waals surface area contributed by atoms with Crippen molar-refractivity contribution in [3.63, 3.8) is 0 Å². The van der Waals surface area contributed by atoms with Gasteiger partial charge in [-0.1, -0.05) is 59.2 Å². The van der Waals surface area contributed by atoms with Crippen molar-refractivity contribution in [3.05, 3.63) is 76.6 Å². The third kappa shape index (κ3) is 5.56. The third-order valence-corrected chi connectivity index (χ3v) is 5.78. The molecule has 0 fully saturated rings. The van der Waals surface area contributed by atoms with Crippen LogP contribution in [-0.4, -0.2) is 33.5 Å². The summed E-state index contributed by atoms with van der Waals surface area (Å²) in [5.41, 5.74) is 1.48. The van der Waals surface area contributed by atoms with Crippen LogP contribution in [0.15, 0.2) is 60.3 Å². The molecule has 9 heteroatoms. The number of nitrogens with one attached hydrogen (secondary N) is 1. The van der Waals surface area contributed by atoms with E-state index in [0.29, 0.717) is 33.9 Å². The standard InChI is InChI=1S/C21H20Cl2N4O2S/c1-3-11-27-18(12-14-7-9-15(29-2)10-8-14)25-26-21(27)30-13-19(28)24-20-16(22)5-4-6-17(20)23/h3-10H,1,11-13H2,2H3,(H,24,28). The Balaban J connectivity index is 1.68. The molecule has 1 amide bonds. The Morgan fingerprint density at radius 3 is 2.53 bits per heavy atom. The lowest BCUT2D eigenvalue weighted by Gasteiger charge is -2.10. The maximum Gasteiger partial charge on any atom is 0.234 e. The number of thioether (sulfide) groups is 1. The number of amides is 1. The van der Waals surface area contributed by atoms with Gasteiger partial charge in [-0.3, -0.25) is 4.79 Å². The zero-order chi connectivity index (χ0) is 21.5. The summed E-state index contributed by atoms with van der Waals surface area (Å²) in [6, 6.07) is 12.8. The van der Waals surface area contributed by atoms with Gasteiger partial charge < -0.3 is 14.6 Å². The minimum absolute atomic E-state index is 0.138. The van der Waals surface area contributed by atoms with Crippen LogP contribution < -0.4 is 10.1 Å². The molecule has 0 aliphatic rings. The van der Waals surface area contributed by atoms with Crippen LogP contribution in [0.5, 0.6) is 5.75 Å². The lowest BCUT2D eigenvalue weighted by Crippen LogP contribution is -2.15. The molecule has 0 radical (unpaired) electrons. The normalized spacial score (nSPS) is 10.6. The monoisotopic (exact) mass is 462 g/mol. The summed E-state index contributed by atoms with van der Waals surface area (Å²) in [7, 11) is 1.63. The Hall–Kier alpha value is -2.48. The molecule has 156 valence electrons. The van der Waals surface area contributed by atoms with E-state index in [1.807, 2.05) is 28.8 Å². The van der Waals surface area contributed by atoms with Gasteiger partial charge >= 0.3 is 0 Å². The Kier molecular flexibility index (Phi) is 7.79. The second kappa shape index (κ2) is 10.5. The number of hydrogen-bond acceptors (Lipinski definition) is 5. The van der Waals surface area contributed by atoms with E-state index in [1.165, 1.54) is 11.8 Å². The fourth-order valence-corrected chi connectivity index (χ4v) is 3.98. The Morgan fingerprint density at radius 2 is 1.90 bits per heavy atom. The number of halogens is 2. The van der Waals surface area contributed by atoms with Crippen LogP contribution in [0.2, 0.25) is 10.0 Å². The van der Waals surface area contributed by atoms with Crippen molar-refractivity contribution in [1.82, 2.24) is 14.8 Å². The summed E-state index contributed by atoms with van der Waals surface area (Å²) >= 11 is 13.5. The number of ether oxygens (including phenoxy) is 1. The molecule has 1 aromatic heterocycles. The summed E-state index contributed by atoms with van der Waals surface area (Å²) in [4.78, 5) is 12.4. The zero-order valence-corrected chi connectivity index (χ0v) is 18.6. The molecule has 30 heavy (non-hydrogen) atoms. The molecular weight excluding hydrogens is 443 g/mol. The van der Waals surface area contributed by atoms with E-state index >= 15 is 0 Å². The molecule has 0 atom stereocenters. The van der Waals surface area contributed by atoms with Crippen LogP contribution in [-0.2, 0) is 17.8 Å². The number of methoxy groups -OCH3 is 1. The van der Waals surface area contributed by atoms with Gasteiger partial charge in [0, 0.05) is 13.0 Å². The summed E-state index contributed by atoms with van der Waals surface area (Å²) in [5, 5.41) is 12.7. The number of rotatable bonds is 9. The highest BCUT2D eigenvalue weighted by molar-refractivity contribution is 7.99. The second-order valence-electron chi connectivity index (χ2n) is 6.26. The zero-order valence-electron chi connectivity index (χ0n) is 16.3. The van der Waals surface area contributed by atoms with Gasteiger partial charge in [-0.25, -0.2) is 0 Å². The second-order valence-corrected chi connectivity index (χ2v) is 8.01. The molecule has 6 nitrogen and oxygen atoms in total. The highest BCUT2D eigenvalue weighted by Crippen LogP contribution is 2.30. The third-order valence-electron chi connectivity index (χ3n) is 4.19. The lowest BCUT2D eigenvalue weighted by molar-refractivity contribution is -0.113. The smallest absolute Gasteiger partial charge is 0.234 e. The molecule has 0 aliphatic carbocycles. The van der Waals surface area contributed by atoms with Gasteiger partial charge in [0.1, 0.15) is 11.6 Å². The molecule has 2 aromatic carbocycles. The van der Waals surface area contributed by atoms with Gasteiger partial charge in [-0.15, -0.1) is 16.8 Å². The van der Waals surface area contributed by atoms with E-state index < -0.39 is 0 Å². The van der Waals surface area contributed by atoms with Crippen LogP contribution in [0.25, 0.3) is 0 Å². The van der Waals surface area contributed by atoms with E-state index in [0.717, 1.165) is 17.1 Å². The van der Waals surface area contributed by atoms with Crippen LogP contribution in [0.3, 0.4) is 0 Å². The average Bonchev–Trinajstić information content (AvgIpc) is 3.11. The topological polar surface area (TPSA) is 69.0 Å². The van der Waals surface area contributed by atoms with E-state index in [4.69, 9.17) is 27.9 Å². The molecule has 3 aromatic rings. The molecule has 0 aliphatic heterocycles. The number of nitrogens with zero attached hydrogens (tertiary/aromatic N) is 3. The van der Waals surface area contributed by atoms with Gasteiger partial charge in [-0.05, 0) is 29.8 Å². The van der Waals surface area contributed by atoms with E-state index in [-0.39, 0.29) is 11.7 Å². The first-order chi connectivity index (χ1) is 14.5. The van der Waals surface area contributed by atoms with Gasteiger partial charge in [0.15, 0.2) is 5.16 Å². The molecule has 0 saturated heterocycles. The minimum atomic E-state index is -0.236. The highest BCUT2D eigenvalue weighted by Gasteiger charge is 2.15. The van der Waals surface area contributed by atoms with Gasteiger partial charge in [0.25, 0.3) is 0 Å².